The maximum atomic E-state index is 13.6. The van der Waals surface area contributed by atoms with Gasteiger partial charge in [-0.2, -0.15) is 0 Å². The largest absolute Gasteiger partial charge is 0.373 e. The lowest BCUT2D eigenvalue weighted by Crippen LogP contribution is -2.53. The van der Waals surface area contributed by atoms with Crippen LogP contribution in [0.1, 0.15) is 65.7 Å². The number of ether oxygens (including phenoxy) is 1. The second-order valence-corrected chi connectivity index (χ2v) is 13.6. The smallest absolute Gasteiger partial charge is 0.322 e. The fourth-order valence-electron chi connectivity index (χ4n) is 5.50. The maximum absolute atomic E-state index is 13.6. The van der Waals surface area contributed by atoms with Crippen molar-refractivity contribution in [1.29, 1.82) is 0 Å². The van der Waals surface area contributed by atoms with Crippen LogP contribution in [0, 0.1) is 0 Å². The summed E-state index contributed by atoms with van der Waals surface area (Å²) in [6.45, 7) is 6.69. The monoisotopic (exact) mass is 473 g/mol. The Labute approximate surface area is 189 Å². The van der Waals surface area contributed by atoms with Crippen molar-refractivity contribution in [2.24, 2.45) is 0 Å². The van der Waals surface area contributed by atoms with E-state index in [-0.39, 0.29) is 46.7 Å². The molecule has 0 spiro atoms. The van der Waals surface area contributed by atoms with Crippen LogP contribution in [0.5, 0.6) is 0 Å². The second-order valence-electron chi connectivity index (χ2n) is 10.2. The molecule has 3 heterocycles. The number of hydrogen-bond acceptors (Lipinski definition) is 7. The number of amides is 2. The summed E-state index contributed by atoms with van der Waals surface area (Å²) in [6, 6.07) is -0.0850. The molecule has 7 atom stereocenters. The Morgan fingerprint density at radius 3 is 2.55 bits per heavy atom. The van der Waals surface area contributed by atoms with Gasteiger partial charge in [-0.1, -0.05) is 0 Å². The van der Waals surface area contributed by atoms with Crippen LogP contribution in [0.15, 0.2) is 0 Å². The molecule has 11 heteroatoms. The fraction of sp³-hybridized carbons (Fsp3) is 0.950. The predicted molar refractivity (Wildman–Crippen MR) is 120 cm³/mol. The fourth-order valence-corrected chi connectivity index (χ4v) is 8.49. The van der Waals surface area contributed by atoms with Gasteiger partial charge in [0.15, 0.2) is 0 Å². The number of nitrogens with one attached hydrogen (secondary N) is 3. The van der Waals surface area contributed by atoms with E-state index in [1.165, 1.54) is 0 Å². The standard InChI is InChI=1S/C20H35N5O4S2/c1-12-4-5-14(29-12)11-24-16-7-6-15(31(27,28)23-20(3)8-9-20)10-17(16)25(19(24)26)18-22-21-13(2)30-18/h12-18,21-23H,4-11H2,1-3H3. The first-order chi connectivity index (χ1) is 14.7. The Bertz CT molecular complexity index is 822. The van der Waals surface area contributed by atoms with Gasteiger partial charge in [0.05, 0.1) is 34.9 Å². The molecule has 3 saturated heterocycles. The molecule has 0 bridgehead atoms. The van der Waals surface area contributed by atoms with Gasteiger partial charge in [-0.15, -0.1) is 11.8 Å². The van der Waals surface area contributed by atoms with E-state index >= 15 is 0 Å². The number of hydrazine groups is 1. The summed E-state index contributed by atoms with van der Waals surface area (Å²) in [5, 5.41) is -0.273. The van der Waals surface area contributed by atoms with E-state index in [2.05, 4.69) is 29.4 Å². The highest BCUT2D eigenvalue weighted by atomic mass is 32.2. The van der Waals surface area contributed by atoms with Gasteiger partial charge in [0.2, 0.25) is 10.0 Å². The number of sulfonamides is 1. The lowest BCUT2D eigenvalue weighted by molar-refractivity contribution is 0.0328. The molecular weight excluding hydrogens is 438 g/mol. The first kappa shape index (κ1) is 22.2. The number of carbonyl (C=O) groups excluding carboxylic acids is 1. The van der Waals surface area contributed by atoms with Gasteiger partial charge >= 0.3 is 6.03 Å². The number of fused-ring (bicyclic) bond motifs is 1. The minimum atomic E-state index is -3.41. The van der Waals surface area contributed by atoms with E-state index in [0.717, 1.165) is 25.7 Å². The van der Waals surface area contributed by atoms with Crippen LogP contribution >= 0.6 is 11.8 Å². The zero-order valence-electron chi connectivity index (χ0n) is 18.5. The molecule has 31 heavy (non-hydrogen) atoms. The van der Waals surface area contributed by atoms with Crippen molar-refractivity contribution in [1.82, 2.24) is 25.4 Å². The number of nitrogens with zero attached hydrogens (tertiary/aromatic N) is 2. The number of urea groups is 1. The van der Waals surface area contributed by atoms with Gasteiger partial charge in [-0.25, -0.2) is 28.8 Å². The van der Waals surface area contributed by atoms with Gasteiger partial charge in [-0.3, -0.25) is 4.90 Å². The van der Waals surface area contributed by atoms with Crippen LogP contribution in [0.4, 0.5) is 4.79 Å². The molecule has 3 N–H and O–H groups in total. The summed E-state index contributed by atoms with van der Waals surface area (Å²) < 4.78 is 35.2. The quantitative estimate of drug-likeness (QED) is 0.537. The molecule has 176 valence electrons. The Hall–Kier alpha value is -0.590. The van der Waals surface area contributed by atoms with Gasteiger partial charge < -0.3 is 9.64 Å². The molecular formula is C20H35N5O4S2. The van der Waals surface area contributed by atoms with Crippen molar-refractivity contribution < 1.29 is 17.9 Å². The molecule has 5 aliphatic rings. The topological polar surface area (TPSA) is 103 Å². The van der Waals surface area contributed by atoms with E-state index in [4.69, 9.17) is 4.74 Å². The first-order valence-corrected chi connectivity index (χ1v) is 14.1. The van der Waals surface area contributed by atoms with E-state index in [9.17, 15) is 13.2 Å². The van der Waals surface area contributed by atoms with Crippen molar-refractivity contribution in [2.75, 3.05) is 6.54 Å². The normalized spacial score (nSPS) is 42.3. The zero-order chi connectivity index (χ0) is 22.0. The SMILES string of the molecule is CC1CCC(CN2C(=O)N(C3NNC(C)S3)C3CC(S(=O)(=O)NC4(C)CC4)CCC32)O1. The summed E-state index contributed by atoms with van der Waals surface area (Å²) >= 11 is 1.66. The molecule has 0 radical (unpaired) electrons. The number of rotatable bonds is 6. The van der Waals surface area contributed by atoms with Gasteiger partial charge in [0.1, 0.15) is 5.50 Å². The van der Waals surface area contributed by atoms with Gasteiger partial charge in [-0.05, 0) is 65.7 Å². The third kappa shape index (κ3) is 4.33. The highest BCUT2D eigenvalue weighted by molar-refractivity contribution is 8.00. The summed E-state index contributed by atoms with van der Waals surface area (Å²) in [5.41, 5.74) is 5.94. The van der Waals surface area contributed by atoms with E-state index in [0.29, 0.717) is 25.8 Å². The summed E-state index contributed by atoms with van der Waals surface area (Å²) in [4.78, 5) is 17.4. The van der Waals surface area contributed by atoms with Gasteiger partial charge in [0.25, 0.3) is 0 Å². The Morgan fingerprint density at radius 2 is 1.94 bits per heavy atom. The summed E-state index contributed by atoms with van der Waals surface area (Å²) in [5.74, 6) is 0. The van der Waals surface area contributed by atoms with Gasteiger partial charge in [0, 0.05) is 12.1 Å². The minimum absolute atomic E-state index is 0.000727. The molecule has 5 fully saturated rings. The van der Waals surface area contributed by atoms with E-state index in [1.54, 1.807) is 11.8 Å². The van der Waals surface area contributed by atoms with E-state index < -0.39 is 15.3 Å². The van der Waals surface area contributed by atoms with Crippen molar-refractivity contribution in [2.45, 2.75) is 112 Å². The molecule has 2 aliphatic carbocycles. The van der Waals surface area contributed by atoms with Crippen LogP contribution in [0.2, 0.25) is 0 Å². The zero-order valence-corrected chi connectivity index (χ0v) is 20.2. The predicted octanol–water partition coefficient (Wildman–Crippen LogP) is 1.52. The lowest BCUT2D eigenvalue weighted by atomic mass is 9.89. The first-order valence-electron chi connectivity index (χ1n) is 11.6. The van der Waals surface area contributed by atoms with Crippen molar-refractivity contribution in [3.63, 3.8) is 0 Å². The molecule has 9 nitrogen and oxygen atoms in total. The third-order valence-electron chi connectivity index (χ3n) is 7.50. The third-order valence-corrected chi connectivity index (χ3v) is 10.7. The molecule has 3 aliphatic heterocycles. The number of hydrogen-bond donors (Lipinski definition) is 3. The molecule has 0 aromatic carbocycles. The average Bonchev–Trinajstić information content (AvgIpc) is 3.03. The Balaban J connectivity index is 1.36. The molecule has 5 rings (SSSR count). The van der Waals surface area contributed by atoms with Crippen molar-refractivity contribution >= 4 is 27.8 Å². The summed E-state index contributed by atoms with van der Waals surface area (Å²) in [6.07, 6.45) is 5.87. The van der Waals surface area contributed by atoms with Crippen LogP contribution in [-0.4, -0.2) is 76.7 Å². The minimum Gasteiger partial charge on any atom is -0.373 e. The molecule has 2 saturated carbocycles. The highest BCUT2D eigenvalue weighted by Gasteiger charge is 2.55. The van der Waals surface area contributed by atoms with Crippen molar-refractivity contribution in [3.8, 4) is 0 Å². The van der Waals surface area contributed by atoms with Crippen LogP contribution < -0.4 is 15.6 Å². The van der Waals surface area contributed by atoms with Crippen LogP contribution in [-0.2, 0) is 14.8 Å². The lowest BCUT2D eigenvalue weighted by Gasteiger charge is -2.37. The molecule has 0 aromatic heterocycles. The highest BCUT2D eigenvalue weighted by Crippen LogP contribution is 2.42. The van der Waals surface area contributed by atoms with Crippen LogP contribution in [0.3, 0.4) is 0 Å². The number of carbonyl (C=O) groups is 1. The van der Waals surface area contributed by atoms with Crippen LogP contribution in [0.25, 0.3) is 0 Å². The number of thioether (sulfide) groups is 1. The molecule has 7 unspecified atom stereocenters. The maximum Gasteiger partial charge on any atom is 0.322 e. The average molecular weight is 474 g/mol. The molecule has 2 amide bonds. The Kier molecular flexibility index (Phi) is 5.75. The Morgan fingerprint density at radius 1 is 1.16 bits per heavy atom. The summed E-state index contributed by atoms with van der Waals surface area (Å²) in [7, 11) is -3.41. The molecule has 0 aromatic rings. The second kappa shape index (κ2) is 8.02. The van der Waals surface area contributed by atoms with Crippen molar-refractivity contribution in [3.05, 3.63) is 0 Å². The van der Waals surface area contributed by atoms with E-state index in [1.807, 2.05) is 16.7 Å².